The van der Waals surface area contributed by atoms with Crippen molar-refractivity contribution >= 4 is 5.97 Å². The highest BCUT2D eigenvalue weighted by molar-refractivity contribution is 5.73. The number of aliphatic carboxylic acids is 1. The fraction of sp³-hybridized carbons (Fsp3) is 0.909. The van der Waals surface area contributed by atoms with Crippen LogP contribution < -0.4 is 0 Å². The Morgan fingerprint density at radius 3 is 2.24 bits per heavy atom. The van der Waals surface area contributed by atoms with Crippen LogP contribution in [0.3, 0.4) is 0 Å². The summed E-state index contributed by atoms with van der Waals surface area (Å²) in [5.74, 6) is -0.972. The number of nitrogens with zero attached hydrogens (tertiary/aromatic N) is 1. The quantitative estimate of drug-likeness (QED) is 0.790. The van der Waals surface area contributed by atoms with Gasteiger partial charge in [-0.1, -0.05) is 0 Å². The van der Waals surface area contributed by atoms with E-state index in [-0.39, 0.29) is 19.0 Å². The molecule has 0 atom stereocenters. The summed E-state index contributed by atoms with van der Waals surface area (Å²) in [7, 11) is 0. The molecule has 1 aliphatic carbocycles. The van der Waals surface area contributed by atoms with Crippen molar-refractivity contribution in [3.63, 3.8) is 0 Å². The van der Waals surface area contributed by atoms with E-state index in [0.29, 0.717) is 0 Å². The smallest absolute Gasteiger partial charge is 0.401 e. The fourth-order valence-corrected chi connectivity index (χ4v) is 1.59. The number of carboxylic acid groups (broad SMARTS) is 1. The van der Waals surface area contributed by atoms with Crippen molar-refractivity contribution in [3.05, 3.63) is 0 Å². The lowest BCUT2D eigenvalue weighted by Gasteiger charge is -2.27. The number of alkyl halides is 3. The monoisotopic (exact) mass is 253 g/mol. The van der Waals surface area contributed by atoms with Crippen molar-refractivity contribution in [1.29, 1.82) is 0 Å². The van der Waals surface area contributed by atoms with Crippen molar-refractivity contribution in [2.75, 3.05) is 13.1 Å². The third-order valence-corrected chi connectivity index (χ3v) is 3.05. The van der Waals surface area contributed by atoms with Gasteiger partial charge in [0.1, 0.15) is 0 Å². The second-order valence-corrected chi connectivity index (χ2v) is 5.26. The molecule has 100 valence electrons. The molecule has 0 unspecified atom stereocenters. The minimum Gasteiger partial charge on any atom is -0.481 e. The minimum atomic E-state index is -4.21. The lowest BCUT2D eigenvalue weighted by Crippen LogP contribution is -2.39. The van der Waals surface area contributed by atoms with Gasteiger partial charge in [-0.3, -0.25) is 9.69 Å². The molecule has 1 rings (SSSR count). The molecule has 0 aromatic heterocycles. The molecule has 0 spiro atoms. The van der Waals surface area contributed by atoms with E-state index in [1.807, 2.05) is 0 Å². The Morgan fingerprint density at radius 1 is 1.35 bits per heavy atom. The minimum absolute atomic E-state index is 0.0128. The molecule has 0 aromatic carbocycles. The molecule has 3 nitrogen and oxygen atoms in total. The SMILES string of the molecule is CC(C)(CCN(CC(F)(F)F)C1CC1)C(=O)O. The molecule has 1 saturated carbocycles. The normalized spacial score (nSPS) is 17.5. The van der Waals surface area contributed by atoms with E-state index >= 15 is 0 Å². The van der Waals surface area contributed by atoms with Gasteiger partial charge in [0, 0.05) is 6.04 Å². The van der Waals surface area contributed by atoms with E-state index in [0.717, 1.165) is 12.8 Å². The van der Waals surface area contributed by atoms with Crippen LogP contribution in [0.25, 0.3) is 0 Å². The Labute approximate surface area is 98.6 Å². The molecule has 17 heavy (non-hydrogen) atoms. The van der Waals surface area contributed by atoms with Crippen LogP contribution in [0, 0.1) is 5.41 Å². The Hall–Kier alpha value is -0.780. The molecular formula is C11H18F3NO2. The highest BCUT2D eigenvalue weighted by atomic mass is 19.4. The summed E-state index contributed by atoms with van der Waals surface area (Å²) in [6.45, 7) is 2.32. The van der Waals surface area contributed by atoms with Gasteiger partial charge in [-0.05, 0) is 39.7 Å². The lowest BCUT2D eigenvalue weighted by atomic mass is 9.89. The third kappa shape index (κ3) is 4.93. The Morgan fingerprint density at radius 2 is 1.88 bits per heavy atom. The summed E-state index contributed by atoms with van der Waals surface area (Å²) in [4.78, 5) is 12.2. The highest BCUT2D eigenvalue weighted by Gasteiger charge is 2.39. The van der Waals surface area contributed by atoms with Crippen molar-refractivity contribution in [2.45, 2.75) is 45.3 Å². The maximum atomic E-state index is 12.3. The second-order valence-electron chi connectivity index (χ2n) is 5.26. The summed E-state index contributed by atoms with van der Waals surface area (Å²) >= 11 is 0. The predicted octanol–water partition coefficient (Wildman–Crippen LogP) is 2.51. The van der Waals surface area contributed by atoms with Crippen LogP contribution in [-0.2, 0) is 4.79 Å². The maximum absolute atomic E-state index is 12.3. The van der Waals surface area contributed by atoms with Gasteiger partial charge in [0.05, 0.1) is 12.0 Å². The van der Waals surface area contributed by atoms with Crippen LogP contribution in [0.4, 0.5) is 13.2 Å². The van der Waals surface area contributed by atoms with E-state index in [4.69, 9.17) is 5.11 Å². The van der Waals surface area contributed by atoms with Crippen molar-refractivity contribution in [3.8, 4) is 0 Å². The first-order valence-corrected chi connectivity index (χ1v) is 5.66. The molecule has 1 N–H and O–H groups in total. The molecule has 0 bridgehead atoms. The van der Waals surface area contributed by atoms with Crippen molar-refractivity contribution < 1.29 is 23.1 Å². The van der Waals surface area contributed by atoms with Gasteiger partial charge in [-0.15, -0.1) is 0 Å². The fourth-order valence-electron chi connectivity index (χ4n) is 1.59. The van der Waals surface area contributed by atoms with Crippen LogP contribution in [0.2, 0.25) is 0 Å². The molecule has 0 aliphatic heterocycles. The highest BCUT2D eigenvalue weighted by Crippen LogP contribution is 2.32. The number of rotatable bonds is 6. The molecule has 0 heterocycles. The number of carboxylic acids is 1. The van der Waals surface area contributed by atoms with E-state index in [9.17, 15) is 18.0 Å². The summed E-state index contributed by atoms with van der Waals surface area (Å²) in [6.07, 6.45) is -2.42. The van der Waals surface area contributed by atoms with E-state index in [1.165, 1.54) is 18.7 Å². The summed E-state index contributed by atoms with van der Waals surface area (Å²) in [5, 5.41) is 8.90. The number of halogens is 3. The first-order chi connectivity index (χ1) is 7.62. The number of hydrogen-bond donors (Lipinski definition) is 1. The molecule has 0 aromatic rings. The Balaban J connectivity index is 2.48. The van der Waals surface area contributed by atoms with Gasteiger partial charge < -0.3 is 5.11 Å². The largest absolute Gasteiger partial charge is 0.481 e. The predicted molar refractivity (Wildman–Crippen MR) is 56.7 cm³/mol. The summed E-state index contributed by atoms with van der Waals surface area (Å²) in [5.41, 5.74) is -0.973. The summed E-state index contributed by atoms with van der Waals surface area (Å²) in [6, 6.07) is -0.0128. The zero-order valence-electron chi connectivity index (χ0n) is 10.0. The standard InChI is InChI=1S/C11H18F3NO2/c1-10(2,9(16)17)5-6-15(8-3-4-8)7-11(12,13)14/h8H,3-7H2,1-2H3,(H,16,17). The molecule has 0 amide bonds. The molecule has 0 radical (unpaired) electrons. The topological polar surface area (TPSA) is 40.5 Å². The van der Waals surface area contributed by atoms with Gasteiger partial charge in [0.15, 0.2) is 0 Å². The van der Waals surface area contributed by atoms with Crippen LogP contribution in [0.15, 0.2) is 0 Å². The first kappa shape index (κ1) is 14.3. The lowest BCUT2D eigenvalue weighted by molar-refractivity contribution is -0.151. The Bertz CT molecular complexity index is 285. The molecule has 1 aliphatic rings. The molecule has 1 fully saturated rings. The van der Waals surface area contributed by atoms with Gasteiger partial charge in [-0.25, -0.2) is 0 Å². The molecular weight excluding hydrogens is 235 g/mol. The average Bonchev–Trinajstić information content (AvgIpc) is 2.93. The first-order valence-electron chi connectivity index (χ1n) is 5.66. The maximum Gasteiger partial charge on any atom is 0.401 e. The van der Waals surface area contributed by atoms with E-state index in [1.54, 1.807) is 0 Å². The van der Waals surface area contributed by atoms with Crippen LogP contribution in [-0.4, -0.2) is 41.3 Å². The number of carbonyl (C=O) groups is 1. The van der Waals surface area contributed by atoms with Crippen molar-refractivity contribution in [2.24, 2.45) is 5.41 Å². The zero-order chi connectivity index (χ0) is 13.3. The average molecular weight is 253 g/mol. The zero-order valence-corrected chi connectivity index (χ0v) is 10.0. The second kappa shape index (κ2) is 4.84. The van der Waals surface area contributed by atoms with Gasteiger partial charge >= 0.3 is 12.1 Å². The Kier molecular flexibility index (Phi) is 4.06. The third-order valence-electron chi connectivity index (χ3n) is 3.05. The summed E-state index contributed by atoms with van der Waals surface area (Å²) < 4.78 is 36.9. The van der Waals surface area contributed by atoms with E-state index in [2.05, 4.69) is 0 Å². The number of hydrogen-bond acceptors (Lipinski definition) is 2. The van der Waals surface area contributed by atoms with Gasteiger partial charge in [0.2, 0.25) is 0 Å². The van der Waals surface area contributed by atoms with Gasteiger partial charge in [-0.2, -0.15) is 13.2 Å². The molecule has 0 saturated heterocycles. The van der Waals surface area contributed by atoms with E-state index < -0.39 is 24.1 Å². The van der Waals surface area contributed by atoms with Crippen LogP contribution in [0.5, 0.6) is 0 Å². The van der Waals surface area contributed by atoms with Crippen LogP contribution in [0.1, 0.15) is 33.1 Å². The van der Waals surface area contributed by atoms with Crippen LogP contribution >= 0.6 is 0 Å². The van der Waals surface area contributed by atoms with Gasteiger partial charge in [0.25, 0.3) is 0 Å². The molecule has 6 heteroatoms. The van der Waals surface area contributed by atoms with Crippen molar-refractivity contribution in [1.82, 2.24) is 4.90 Å².